The number of carbonyl (C=O) groups is 1. The summed E-state index contributed by atoms with van der Waals surface area (Å²) in [4.78, 5) is 14.3. The molecule has 0 saturated heterocycles. The van der Waals surface area contributed by atoms with Crippen LogP contribution in [0.4, 0.5) is 5.69 Å². The van der Waals surface area contributed by atoms with E-state index in [0.717, 1.165) is 18.7 Å². The van der Waals surface area contributed by atoms with Crippen LogP contribution in [0.2, 0.25) is 0 Å². The second-order valence-electron chi connectivity index (χ2n) is 5.26. The summed E-state index contributed by atoms with van der Waals surface area (Å²) in [6.07, 6.45) is 1.03. The summed E-state index contributed by atoms with van der Waals surface area (Å²) in [5.41, 5.74) is 4.69. The number of quaternary nitrogens is 1. The number of anilines is 1. The van der Waals surface area contributed by atoms with Crippen molar-refractivity contribution >= 4 is 11.6 Å². The summed E-state index contributed by atoms with van der Waals surface area (Å²) in [7, 11) is 7.88. The Hall–Kier alpha value is -1.55. The first-order valence-corrected chi connectivity index (χ1v) is 6.29. The van der Waals surface area contributed by atoms with E-state index < -0.39 is 0 Å². The second-order valence-corrected chi connectivity index (χ2v) is 5.26. The van der Waals surface area contributed by atoms with Crippen molar-refractivity contribution in [3.8, 4) is 0 Å². The lowest BCUT2D eigenvalue weighted by molar-refractivity contribution is -0.924. The van der Waals surface area contributed by atoms with E-state index in [1.165, 1.54) is 0 Å². The van der Waals surface area contributed by atoms with Gasteiger partial charge in [0.15, 0.2) is 0 Å². The molecule has 18 heavy (non-hydrogen) atoms. The number of nitrogens with zero attached hydrogens (tertiary/aromatic N) is 2. The summed E-state index contributed by atoms with van der Waals surface area (Å²) in [6.45, 7) is 3.02. The van der Waals surface area contributed by atoms with Gasteiger partial charge in [0, 0.05) is 19.8 Å². The van der Waals surface area contributed by atoms with Gasteiger partial charge in [-0.25, -0.2) is 4.59 Å². The van der Waals surface area contributed by atoms with E-state index in [-0.39, 0.29) is 5.91 Å². The minimum absolute atomic E-state index is 0.0299. The molecule has 1 amide bonds. The Morgan fingerprint density at radius 3 is 2.44 bits per heavy atom. The molecule has 0 fully saturated rings. The molecular weight excluding hydrogens is 226 g/mol. The summed E-state index contributed by atoms with van der Waals surface area (Å²) >= 11 is 0. The van der Waals surface area contributed by atoms with Gasteiger partial charge < -0.3 is 4.90 Å². The monoisotopic (exact) mass is 250 g/mol. The summed E-state index contributed by atoms with van der Waals surface area (Å²) < 4.78 is 0.497. The van der Waals surface area contributed by atoms with Gasteiger partial charge in [-0.15, -0.1) is 0 Å². The maximum atomic E-state index is 12.3. The number of hydrogen-bond acceptors (Lipinski definition) is 2. The highest BCUT2D eigenvalue weighted by molar-refractivity contribution is 5.99. The predicted molar refractivity (Wildman–Crippen MR) is 75.5 cm³/mol. The Balaban J connectivity index is 2.91. The standard InChI is InChI=1S/C14H23N3O/c1-6-11-17(4,5)15-14(18)12-9-7-8-10-13(12)16(2)3/h7-10H,6,11H2,1-5H3/p+1. The zero-order valence-electron chi connectivity index (χ0n) is 12.0. The van der Waals surface area contributed by atoms with Crippen LogP contribution in [0.25, 0.3) is 0 Å². The number of carbonyl (C=O) groups excluding carboxylic acids is 1. The van der Waals surface area contributed by atoms with Crippen LogP contribution in [-0.2, 0) is 0 Å². The molecular formula is C14H24N3O+. The topological polar surface area (TPSA) is 32.3 Å². The van der Waals surface area contributed by atoms with Gasteiger partial charge in [0.05, 0.1) is 19.7 Å². The Labute approximate surface area is 110 Å². The molecule has 100 valence electrons. The van der Waals surface area contributed by atoms with E-state index in [4.69, 9.17) is 0 Å². The van der Waals surface area contributed by atoms with Gasteiger partial charge >= 0.3 is 0 Å². The van der Waals surface area contributed by atoms with Gasteiger partial charge in [0.25, 0.3) is 5.91 Å². The fourth-order valence-electron chi connectivity index (χ4n) is 2.01. The molecule has 1 aromatic rings. The van der Waals surface area contributed by atoms with Crippen LogP contribution in [-0.4, -0.2) is 45.2 Å². The van der Waals surface area contributed by atoms with E-state index in [2.05, 4.69) is 12.3 Å². The highest BCUT2D eigenvalue weighted by Gasteiger charge is 2.21. The Kier molecular flexibility index (Phi) is 4.73. The van der Waals surface area contributed by atoms with E-state index >= 15 is 0 Å². The van der Waals surface area contributed by atoms with Crippen LogP contribution in [0.5, 0.6) is 0 Å². The van der Waals surface area contributed by atoms with Crippen molar-refractivity contribution in [2.24, 2.45) is 0 Å². The lowest BCUT2D eigenvalue weighted by Crippen LogP contribution is -2.54. The fourth-order valence-corrected chi connectivity index (χ4v) is 2.01. The minimum atomic E-state index is -0.0299. The smallest absolute Gasteiger partial charge is 0.298 e. The molecule has 0 unspecified atom stereocenters. The third kappa shape index (κ3) is 3.74. The number of nitrogens with one attached hydrogen (secondary N) is 1. The molecule has 0 aromatic heterocycles. The van der Waals surface area contributed by atoms with Crippen LogP contribution < -0.4 is 10.3 Å². The molecule has 1 N–H and O–H groups in total. The molecule has 4 heteroatoms. The maximum absolute atomic E-state index is 12.3. The van der Waals surface area contributed by atoms with Crippen molar-refractivity contribution in [3.63, 3.8) is 0 Å². The second kappa shape index (κ2) is 5.87. The molecule has 0 aliphatic carbocycles. The highest BCUT2D eigenvalue weighted by Crippen LogP contribution is 2.18. The predicted octanol–water partition coefficient (Wildman–Crippen LogP) is 1.88. The van der Waals surface area contributed by atoms with Gasteiger partial charge in [-0.3, -0.25) is 4.79 Å². The Bertz CT molecular complexity index is 413. The van der Waals surface area contributed by atoms with Crippen molar-refractivity contribution in [3.05, 3.63) is 29.8 Å². The molecule has 4 nitrogen and oxygen atoms in total. The summed E-state index contributed by atoms with van der Waals surface area (Å²) in [6, 6.07) is 7.64. The number of hydrogen-bond donors (Lipinski definition) is 1. The molecule has 0 bridgehead atoms. The number of rotatable bonds is 5. The minimum Gasteiger partial charge on any atom is -0.377 e. The average Bonchev–Trinajstić information content (AvgIpc) is 2.28. The normalized spacial score (nSPS) is 11.2. The third-order valence-electron chi connectivity index (χ3n) is 2.82. The van der Waals surface area contributed by atoms with Gasteiger partial charge in [-0.1, -0.05) is 19.1 Å². The van der Waals surface area contributed by atoms with Crippen LogP contribution in [0.15, 0.2) is 24.3 Å². The maximum Gasteiger partial charge on any atom is 0.298 e. The first-order chi connectivity index (χ1) is 8.37. The Morgan fingerprint density at radius 1 is 1.28 bits per heavy atom. The summed E-state index contributed by atoms with van der Waals surface area (Å²) in [5, 5.41) is 0. The van der Waals surface area contributed by atoms with Crippen molar-refractivity contribution < 1.29 is 9.39 Å². The van der Waals surface area contributed by atoms with Crippen LogP contribution >= 0.6 is 0 Å². The van der Waals surface area contributed by atoms with Crippen LogP contribution in [0.1, 0.15) is 23.7 Å². The SMILES string of the molecule is CCC[N+](C)(C)NC(=O)c1ccccc1N(C)C. The lowest BCUT2D eigenvalue weighted by atomic mass is 10.1. The largest absolute Gasteiger partial charge is 0.377 e. The van der Waals surface area contributed by atoms with Crippen molar-refractivity contribution in [2.75, 3.05) is 39.6 Å². The van der Waals surface area contributed by atoms with Crippen LogP contribution in [0, 0.1) is 0 Å². The molecule has 0 spiro atoms. The molecule has 0 radical (unpaired) electrons. The van der Waals surface area contributed by atoms with Crippen molar-refractivity contribution in [1.29, 1.82) is 0 Å². The quantitative estimate of drug-likeness (QED) is 0.639. The first-order valence-electron chi connectivity index (χ1n) is 6.29. The molecule has 0 aliphatic heterocycles. The van der Waals surface area contributed by atoms with Gasteiger partial charge in [0.1, 0.15) is 6.54 Å². The zero-order valence-corrected chi connectivity index (χ0v) is 12.0. The molecule has 0 saturated carbocycles. The first kappa shape index (κ1) is 14.5. The highest BCUT2D eigenvalue weighted by atomic mass is 16.2. The van der Waals surface area contributed by atoms with Gasteiger partial charge in [-0.2, -0.15) is 5.43 Å². The molecule has 0 heterocycles. The molecule has 0 atom stereocenters. The van der Waals surface area contributed by atoms with E-state index in [1.807, 2.05) is 57.4 Å². The van der Waals surface area contributed by atoms with Crippen molar-refractivity contribution in [1.82, 2.24) is 5.43 Å². The van der Waals surface area contributed by atoms with E-state index in [0.29, 0.717) is 10.2 Å². The Morgan fingerprint density at radius 2 is 1.89 bits per heavy atom. The van der Waals surface area contributed by atoms with Crippen LogP contribution in [0.3, 0.4) is 0 Å². The zero-order chi connectivity index (χ0) is 13.8. The number of benzene rings is 1. The van der Waals surface area contributed by atoms with E-state index in [9.17, 15) is 4.79 Å². The lowest BCUT2D eigenvalue weighted by Gasteiger charge is -2.29. The number of para-hydroxylation sites is 1. The molecule has 1 rings (SSSR count). The fraction of sp³-hybridized carbons (Fsp3) is 0.500. The summed E-state index contributed by atoms with van der Waals surface area (Å²) in [5.74, 6) is -0.0299. The number of amides is 1. The average molecular weight is 250 g/mol. The molecule has 1 aromatic carbocycles. The van der Waals surface area contributed by atoms with Gasteiger partial charge in [0.2, 0.25) is 0 Å². The van der Waals surface area contributed by atoms with Crippen molar-refractivity contribution in [2.45, 2.75) is 13.3 Å². The third-order valence-corrected chi connectivity index (χ3v) is 2.82. The molecule has 0 aliphatic rings. The van der Waals surface area contributed by atoms with E-state index in [1.54, 1.807) is 0 Å². The van der Waals surface area contributed by atoms with Gasteiger partial charge in [-0.05, 0) is 18.6 Å².